The lowest BCUT2D eigenvalue weighted by molar-refractivity contribution is 0.398. The molecule has 1 aromatic heterocycles. The quantitative estimate of drug-likeness (QED) is 0.697. The molecule has 0 aliphatic rings. The van der Waals surface area contributed by atoms with Crippen LogP contribution in [0.2, 0.25) is 0 Å². The number of nitrogens with one attached hydrogen (secondary N) is 2. The first-order valence-electron chi connectivity index (χ1n) is 7.60. The summed E-state index contributed by atoms with van der Waals surface area (Å²) in [5.41, 5.74) is 0.519. The van der Waals surface area contributed by atoms with E-state index in [2.05, 4.69) is 20.6 Å². The van der Waals surface area contributed by atoms with Crippen molar-refractivity contribution in [1.82, 2.24) is 9.97 Å². The molecule has 0 atom stereocenters. The number of nitriles is 1. The number of rotatable bonds is 5. The molecule has 0 aliphatic carbocycles. The molecule has 6 nitrogen and oxygen atoms in total. The molecule has 0 fully saturated rings. The van der Waals surface area contributed by atoms with Gasteiger partial charge in [-0.3, -0.25) is 0 Å². The van der Waals surface area contributed by atoms with Crippen LogP contribution in [0.4, 0.5) is 36.3 Å². The molecule has 27 heavy (non-hydrogen) atoms. The first-order chi connectivity index (χ1) is 13.0. The summed E-state index contributed by atoms with van der Waals surface area (Å²) in [6, 6.07) is 10.9. The predicted octanol–water partition coefficient (Wildman–Crippen LogP) is 4.26. The van der Waals surface area contributed by atoms with Crippen molar-refractivity contribution in [3.8, 4) is 11.9 Å². The number of ether oxygens (including phenoxy) is 1. The summed E-state index contributed by atoms with van der Waals surface area (Å²) in [6.07, 6.45) is 0. The largest absolute Gasteiger partial charge is 0.481 e. The lowest BCUT2D eigenvalue weighted by Gasteiger charge is -2.12. The molecule has 0 amide bonds. The number of hydrogen-bond donors (Lipinski definition) is 2. The van der Waals surface area contributed by atoms with Crippen LogP contribution in [0.1, 0.15) is 5.56 Å². The number of anilines is 4. The van der Waals surface area contributed by atoms with Crippen molar-refractivity contribution in [3.05, 3.63) is 65.5 Å². The Labute approximate surface area is 152 Å². The molecule has 1 heterocycles. The summed E-state index contributed by atoms with van der Waals surface area (Å²) in [5.74, 6) is -2.99. The van der Waals surface area contributed by atoms with Gasteiger partial charge in [0.05, 0.1) is 18.7 Å². The Morgan fingerprint density at radius 1 is 0.963 bits per heavy atom. The van der Waals surface area contributed by atoms with Crippen molar-refractivity contribution in [1.29, 1.82) is 5.26 Å². The van der Waals surface area contributed by atoms with E-state index in [1.165, 1.54) is 13.2 Å². The van der Waals surface area contributed by atoms with E-state index in [0.717, 1.165) is 0 Å². The van der Waals surface area contributed by atoms with Crippen LogP contribution in [0.15, 0.2) is 42.5 Å². The van der Waals surface area contributed by atoms with Crippen LogP contribution in [-0.4, -0.2) is 17.1 Å². The Hall–Kier alpha value is -3.80. The minimum Gasteiger partial charge on any atom is -0.481 e. The minimum absolute atomic E-state index is 0.0300. The highest BCUT2D eigenvalue weighted by Crippen LogP contribution is 2.26. The lowest BCUT2D eigenvalue weighted by Crippen LogP contribution is -2.05. The van der Waals surface area contributed by atoms with Crippen LogP contribution in [0.25, 0.3) is 0 Å². The highest BCUT2D eigenvalue weighted by molar-refractivity contribution is 5.62. The van der Waals surface area contributed by atoms with Crippen LogP contribution in [0.3, 0.4) is 0 Å². The fourth-order valence-corrected chi connectivity index (χ4v) is 2.20. The summed E-state index contributed by atoms with van der Waals surface area (Å²) in [4.78, 5) is 8.21. The Morgan fingerprint density at radius 2 is 1.63 bits per heavy atom. The van der Waals surface area contributed by atoms with Gasteiger partial charge in [-0.2, -0.15) is 15.2 Å². The van der Waals surface area contributed by atoms with E-state index in [1.807, 2.05) is 6.07 Å². The second kappa shape index (κ2) is 7.61. The Bertz CT molecular complexity index is 995. The molecule has 3 aromatic rings. The molecule has 3 rings (SSSR count). The van der Waals surface area contributed by atoms with Crippen molar-refractivity contribution in [2.24, 2.45) is 0 Å². The van der Waals surface area contributed by atoms with Gasteiger partial charge < -0.3 is 15.4 Å². The Kier molecular flexibility index (Phi) is 5.08. The molecule has 0 radical (unpaired) electrons. The first-order valence-corrected chi connectivity index (χ1v) is 7.60. The van der Waals surface area contributed by atoms with Crippen LogP contribution in [-0.2, 0) is 0 Å². The maximum Gasteiger partial charge on any atom is 0.232 e. The van der Waals surface area contributed by atoms with Crippen molar-refractivity contribution in [3.63, 3.8) is 0 Å². The lowest BCUT2D eigenvalue weighted by atomic mass is 10.2. The predicted molar refractivity (Wildman–Crippen MR) is 92.6 cm³/mol. The summed E-state index contributed by atoms with van der Waals surface area (Å²) in [5, 5.41) is 14.2. The van der Waals surface area contributed by atoms with Crippen LogP contribution in [0, 0.1) is 28.8 Å². The van der Waals surface area contributed by atoms with Crippen molar-refractivity contribution >= 4 is 23.1 Å². The normalized spacial score (nSPS) is 10.2. The van der Waals surface area contributed by atoms with Gasteiger partial charge in [0.15, 0.2) is 11.6 Å². The molecule has 0 unspecified atom stereocenters. The zero-order valence-electron chi connectivity index (χ0n) is 13.9. The average molecular weight is 371 g/mol. The minimum atomic E-state index is -1.10. The van der Waals surface area contributed by atoms with Gasteiger partial charge in [0, 0.05) is 23.9 Å². The zero-order valence-corrected chi connectivity index (χ0v) is 13.9. The number of methoxy groups -OCH3 is 1. The van der Waals surface area contributed by atoms with E-state index in [4.69, 9.17) is 10.00 Å². The molecule has 2 aromatic carbocycles. The molecule has 0 saturated heterocycles. The average Bonchev–Trinajstić information content (AvgIpc) is 2.65. The SMILES string of the molecule is COc1cc(Nc2c(F)cc(F)cc2F)nc(Nc2ccc(C#N)cc2)n1. The number of benzene rings is 2. The Morgan fingerprint density at radius 3 is 2.22 bits per heavy atom. The summed E-state index contributed by atoms with van der Waals surface area (Å²) < 4.78 is 45.8. The van der Waals surface area contributed by atoms with Crippen molar-refractivity contribution in [2.75, 3.05) is 17.7 Å². The molecule has 9 heteroatoms. The highest BCUT2D eigenvalue weighted by atomic mass is 19.1. The fourth-order valence-electron chi connectivity index (χ4n) is 2.20. The van der Waals surface area contributed by atoms with E-state index in [-0.39, 0.29) is 17.6 Å². The third-order valence-corrected chi connectivity index (χ3v) is 3.44. The molecular weight excluding hydrogens is 359 g/mol. The standard InChI is InChI=1S/C18H12F3N5O/c1-27-16-8-15(24-17-13(20)6-11(19)7-14(17)21)25-18(26-16)23-12-4-2-10(9-22)3-5-12/h2-8H,1H3,(H2,23,24,25,26). The van der Waals surface area contributed by atoms with Gasteiger partial charge >= 0.3 is 0 Å². The second-order valence-corrected chi connectivity index (χ2v) is 5.30. The van der Waals surface area contributed by atoms with Gasteiger partial charge in [-0.1, -0.05) is 0 Å². The summed E-state index contributed by atoms with van der Waals surface area (Å²) in [7, 11) is 1.37. The first kappa shape index (κ1) is 18.0. The van der Waals surface area contributed by atoms with Gasteiger partial charge in [0.25, 0.3) is 0 Å². The maximum absolute atomic E-state index is 13.8. The van der Waals surface area contributed by atoms with E-state index in [9.17, 15) is 13.2 Å². The van der Waals surface area contributed by atoms with Crippen LogP contribution >= 0.6 is 0 Å². The number of aromatic nitrogens is 2. The van der Waals surface area contributed by atoms with Gasteiger partial charge in [0.2, 0.25) is 11.8 Å². The third kappa shape index (κ3) is 4.24. The molecule has 0 spiro atoms. The van der Waals surface area contributed by atoms with E-state index >= 15 is 0 Å². The second-order valence-electron chi connectivity index (χ2n) is 5.30. The van der Waals surface area contributed by atoms with Crippen molar-refractivity contribution < 1.29 is 17.9 Å². The molecular formula is C18H12F3N5O. The van der Waals surface area contributed by atoms with Gasteiger partial charge in [0.1, 0.15) is 17.3 Å². The van der Waals surface area contributed by atoms with Gasteiger partial charge in [-0.25, -0.2) is 13.2 Å². The third-order valence-electron chi connectivity index (χ3n) is 3.44. The molecule has 0 saturated carbocycles. The molecule has 0 bridgehead atoms. The van der Waals surface area contributed by atoms with E-state index in [0.29, 0.717) is 23.4 Å². The molecule has 136 valence electrons. The summed E-state index contributed by atoms with van der Waals surface area (Å²) in [6.45, 7) is 0. The smallest absolute Gasteiger partial charge is 0.232 e. The summed E-state index contributed by atoms with van der Waals surface area (Å²) >= 11 is 0. The zero-order chi connectivity index (χ0) is 19.4. The molecule has 0 aliphatic heterocycles. The number of halogens is 3. The van der Waals surface area contributed by atoms with E-state index in [1.54, 1.807) is 24.3 Å². The van der Waals surface area contributed by atoms with Crippen LogP contribution < -0.4 is 15.4 Å². The Balaban J connectivity index is 1.90. The maximum atomic E-state index is 13.8. The fraction of sp³-hybridized carbons (Fsp3) is 0.0556. The number of hydrogen-bond acceptors (Lipinski definition) is 6. The topological polar surface area (TPSA) is 82.9 Å². The highest BCUT2D eigenvalue weighted by Gasteiger charge is 2.14. The monoisotopic (exact) mass is 371 g/mol. The van der Waals surface area contributed by atoms with Crippen LogP contribution in [0.5, 0.6) is 5.88 Å². The number of nitrogens with zero attached hydrogens (tertiary/aromatic N) is 3. The van der Waals surface area contributed by atoms with E-state index < -0.39 is 23.1 Å². The molecule has 2 N–H and O–H groups in total. The van der Waals surface area contributed by atoms with Gasteiger partial charge in [-0.15, -0.1) is 0 Å². The van der Waals surface area contributed by atoms with Crippen molar-refractivity contribution in [2.45, 2.75) is 0 Å². The van der Waals surface area contributed by atoms with Gasteiger partial charge in [-0.05, 0) is 24.3 Å².